The zero-order valence-electron chi connectivity index (χ0n) is 18.5. The molecule has 2 aromatic carbocycles. The molecule has 0 aliphatic heterocycles. The molecule has 0 amide bonds. The molecule has 1 heterocycles. The van der Waals surface area contributed by atoms with E-state index in [1.165, 1.54) is 11.5 Å². The second-order valence-electron chi connectivity index (χ2n) is 7.88. The molecule has 0 spiro atoms. The Morgan fingerprint density at radius 2 is 1.70 bits per heavy atom. The number of nitrogens with one attached hydrogen (secondary N) is 1. The molecule has 9 nitrogen and oxygen atoms in total. The average molecular weight is 473 g/mol. The highest BCUT2D eigenvalue weighted by Gasteiger charge is 2.19. The summed E-state index contributed by atoms with van der Waals surface area (Å²) in [6.45, 7) is 5.08. The molecule has 10 heteroatoms. The van der Waals surface area contributed by atoms with Crippen LogP contribution in [0.25, 0.3) is 0 Å². The number of hydrogen-bond acceptors (Lipinski definition) is 6. The number of halogens is 1. The first-order valence-electron chi connectivity index (χ1n) is 10.4. The van der Waals surface area contributed by atoms with Crippen molar-refractivity contribution < 1.29 is 14.6 Å². The maximum absolute atomic E-state index is 13.2. The predicted molar refractivity (Wildman–Crippen MR) is 126 cm³/mol. The van der Waals surface area contributed by atoms with Gasteiger partial charge in [0.25, 0.3) is 0 Å². The number of carboxylic acid groups (broad SMARTS) is 1. The van der Waals surface area contributed by atoms with Crippen molar-refractivity contribution in [3.05, 3.63) is 80.1 Å². The molecule has 1 atom stereocenters. The maximum atomic E-state index is 13.2. The molecule has 0 unspecified atom stereocenters. The Hall–Kier alpha value is -3.59. The molecule has 33 heavy (non-hydrogen) atoms. The number of nitrogens with zero attached hydrogens (tertiary/aromatic N) is 3. The SMILES string of the molecule is CC(C)Oc1ccc(Nc2nc(=O)n(C[C@H](C)C(=O)O)c(=O)n2Cc2ccc(Cl)cc2)cc1. The minimum absolute atomic E-state index is 0.0239. The summed E-state index contributed by atoms with van der Waals surface area (Å²) in [7, 11) is 0. The average Bonchev–Trinajstić information content (AvgIpc) is 2.76. The highest BCUT2D eigenvalue weighted by Crippen LogP contribution is 2.20. The van der Waals surface area contributed by atoms with Gasteiger partial charge in [0.2, 0.25) is 5.95 Å². The van der Waals surface area contributed by atoms with Gasteiger partial charge in [-0.05, 0) is 55.8 Å². The highest BCUT2D eigenvalue weighted by atomic mass is 35.5. The Balaban J connectivity index is 2.02. The molecule has 0 fully saturated rings. The largest absolute Gasteiger partial charge is 0.491 e. The maximum Gasteiger partial charge on any atom is 0.354 e. The fourth-order valence-corrected chi connectivity index (χ4v) is 3.19. The lowest BCUT2D eigenvalue weighted by molar-refractivity contribution is -0.141. The number of benzene rings is 2. The van der Waals surface area contributed by atoms with Crippen molar-refractivity contribution in [1.82, 2.24) is 14.1 Å². The first-order valence-corrected chi connectivity index (χ1v) is 10.7. The van der Waals surface area contributed by atoms with E-state index in [-0.39, 0.29) is 25.1 Å². The smallest absolute Gasteiger partial charge is 0.354 e. The number of carboxylic acids is 1. The van der Waals surface area contributed by atoms with Crippen molar-refractivity contribution in [3.8, 4) is 5.75 Å². The quantitative estimate of drug-likeness (QED) is 0.490. The predicted octanol–water partition coefficient (Wildman–Crippen LogP) is 3.36. The van der Waals surface area contributed by atoms with E-state index in [1.807, 2.05) is 13.8 Å². The van der Waals surface area contributed by atoms with Crippen molar-refractivity contribution in [2.45, 2.75) is 40.0 Å². The summed E-state index contributed by atoms with van der Waals surface area (Å²) >= 11 is 5.96. The molecule has 0 aliphatic carbocycles. The van der Waals surface area contributed by atoms with Crippen LogP contribution in [0, 0.1) is 5.92 Å². The van der Waals surface area contributed by atoms with Crippen molar-refractivity contribution in [1.29, 1.82) is 0 Å². The van der Waals surface area contributed by atoms with Crippen molar-refractivity contribution >= 4 is 29.2 Å². The Labute approximate surface area is 195 Å². The second-order valence-corrected chi connectivity index (χ2v) is 8.32. The van der Waals surface area contributed by atoms with Crippen molar-refractivity contribution in [3.63, 3.8) is 0 Å². The molecule has 0 saturated heterocycles. The molecule has 0 aliphatic rings. The molecule has 174 valence electrons. The number of anilines is 2. The van der Waals surface area contributed by atoms with Crippen LogP contribution in [0.5, 0.6) is 5.75 Å². The third-order valence-corrected chi connectivity index (χ3v) is 5.02. The second kappa shape index (κ2) is 10.4. The van der Waals surface area contributed by atoms with Crippen LogP contribution in [-0.2, 0) is 17.9 Å². The van der Waals surface area contributed by atoms with Crippen LogP contribution in [0.3, 0.4) is 0 Å². The van der Waals surface area contributed by atoms with E-state index in [0.717, 1.165) is 10.1 Å². The summed E-state index contributed by atoms with van der Waals surface area (Å²) in [5.74, 6) is -1.33. The number of aliphatic carboxylic acids is 1. The van der Waals surface area contributed by atoms with E-state index in [2.05, 4.69) is 10.3 Å². The summed E-state index contributed by atoms with van der Waals surface area (Å²) in [6, 6.07) is 13.9. The number of aromatic nitrogens is 3. The van der Waals surface area contributed by atoms with Gasteiger partial charge in [-0.2, -0.15) is 4.98 Å². The van der Waals surface area contributed by atoms with Gasteiger partial charge in [0.1, 0.15) is 5.75 Å². The van der Waals surface area contributed by atoms with E-state index in [4.69, 9.17) is 16.3 Å². The molecular weight excluding hydrogens is 448 g/mol. The van der Waals surface area contributed by atoms with Gasteiger partial charge in [-0.15, -0.1) is 0 Å². The minimum atomic E-state index is -1.11. The standard InChI is InChI=1S/C23H25ClN4O5/c1-14(2)33-19-10-8-18(9-11-19)25-21-26-22(31)28(12-15(3)20(29)30)23(32)27(21)13-16-4-6-17(24)7-5-16/h4-11,14-15H,12-13H2,1-3H3,(H,29,30)(H,25,26,31)/t15-/m0/s1. The summed E-state index contributed by atoms with van der Waals surface area (Å²) in [6.07, 6.45) is 0.0239. The van der Waals surface area contributed by atoms with Gasteiger partial charge < -0.3 is 15.2 Å². The zero-order chi connectivity index (χ0) is 24.1. The van der Waals surface area contributed by atoms with Crippen LogP contribution in [0.15, 0.2) is 58.1 Å². The topological polar surface area (TPSA) is 115 Å². The highest BCUT2D eigenvalue weighted by molar-refractivity contribution is 6.30. The van der Waals surface area contributed by atoms with Gasteiger partial charge in [-0.25, -0.2) is 14.2 Å². The summed E-state index contributed by atoms with van der Waals surface area (Å²) in [4.78, 5) is 41.1. The number of hydrogen-bond donors (Lipinski definition) is 2. The van der Waals surface area contributed by atoms with Crippen LogP contribution in [0.2, 0.25) is 5.02 Å². The van der Waals surface area contributed by atoms with Crippen molar-refractivity contribution in [2.75, 3.05) is 5.32 Å². The van der Waals surface area contributed by atoms with Gasteiger partial charge >= 0.3 is 17.3 Å². The monoisotopic (exact) mass is 472 g/mol. The lowest BCUT2D eigenvalue weighted by Gasteiger charge is -2.17. The van der Waals surface area contributed by atoms with Gasteiger partial charge in [-0.3, -0.25) is 9.36 Å². The number of carbonyl (C=O) groups is 1. The fourth-order valence-electron chi connectivity index (χ4n) is 3.07. The van der Waals surface area contributed by atoms with Crippen LogP contribution in [0.4, 0.5) is 11.6 Å². The van der Waals surface area contributed by atoms with Crippen LogP contribution in [0.1, 0.15) is 26.3 Å². The third kappa shape index (κ3) is 6.23. The molecule has 0 saturated carbocycles. The van der Waals surface area contributed by atoms with Gasteiger partial charge in [0.15, 0.2) is 0 Å². The van der Waals surface area contributed by atoms with E-state index in [0.29, 0.717) is 16.5 Å². The van der Waals surface area contributed by atoms with Crippen molar-refractivity contribution in [2.24, 2.45) is 5.92 Å². The van der Waals surface area contributed by atoms with E-state index in [9.17, 15) is 19.5 Å². The number of ether oxygens (including phenoxy) is 1. The van der Waals surface area contributed by atoms with E-state index < -0.39 is 23.3 Å². The first kappa shape index (κ1) is 24.1. The molecule has 3 rings (SSSR count). The lowest BCUT2D eigenvalue weighted by atomic mass is 10.2. The normalized spacial score (nSPS) is 11.9. The summed E-state index contributed by atoms with van der Waals surface area (Å²) < 4.78 is 7.75. The molecular formula is C23H25ClN4O5. The van der Waals surface area contributed by atoms with Gasteiger partial charge in [0, 0.05) is 17.3 Å². The summed E-state index contributed by atoms with van der Waals surface area (Å²) in [5, 5.41) is 12.8. The van der Waals surface area contributed by atoms with E-state index in [1.54, 1.807) is 48.5 Å². The van der Waals surface area contributed by atoms with E-state index >= 15 is 0 Å². The van der Waals surface area contributed by atoms with Crippen LogP contribution >= 0.6 is 11.6 Å². The third-order valence-electron chi connectivity index (χ3n) is 4.76. The van der Waals surface area contributed by atoms with Gasteiger partial charge in [0.05, 0.1) is 18.6 Å². The fraction of sp³-hybridized carbons (Fsp3) is 0.304. The zero-order valence-corrected chi connectivity index (χ0v) is 19.2. The first-order chi connectivity index (χ1) is 15.6. The molecule has 2 N–H and O–H groups in total. The van der Waals surface area contributed by atoms with Crippen LogP contribution in [-0.4, -0.2) is 31.3 Å². The molecule has 1 aromatic heterocycles. The van der Waals surface area contributed by atoms with Gasteiger partial charge in [-0.1, -0.05) is 30.7 Å². The van der Waals surface area contributed by atoms with Crippen LogP contribution < -0.4 is 21.4 Å². The molecule has 3 aromatic rings. The Morgan fingerprint density at radius 1 is 1.06 bits per heavy atom. The lowest BCUT2D eigenvalue weighted by Crippen LogP contribution is -2.44. The minimum Gasteiger partial charge on any atom is -0.491 e. The Kier molecular flexibility index (Phi) is 7.55. The Morgan fingerprint density at radius 3 is 2.27 bits per heavy atom. The number of rotatable bonds is 9. The molecule has 0 bridgehead atoms. The Bertz CT molecular complexity index is 1230. The molecule has 0 radical (unpaired) electrons. The summed E-state index contributed by atoms with van der Waals surface area (Å²) in [5.41, 5.74) is -0.148.